The number of hydrogen-bond acceptors (Lipinski definition) is 2. The van der Waals surface area contributed by atoms with Crippen LogP contribution in [-0.4, -0.2) is 4.57 Å². The van der Waals surface area contributed by atoms with Gasteiger partial charge >= 0.3 is 0 Å². The van der Waals surface area contributed by atoms with Gasteiger partial charge in [-0.25, -0.2) is 0 Å². The molecule has 42 heavy (non-hydrogen) atoms. The highest BCUT2D eigenvalue weighted by Gasteiger charge is 2.27. The molecule has 0 radical (unpaired) electrons. The molecule has 0 saturated heterocycles. The number of rotatable bonds is 8. The van der Waals surface area contributed by atoms with E-state index in [0.717, 1.165) is 34.6 Å². The lowest BCUT2D eigenvalue weighted by Crippen LogP contribution is -2.22. The highest BCUT2D eigenvalue weighted by atomic mass is 15.0. The Bertz CT molecular complexity index is 1870. The monoisotopic (exact) mass is 547 g/mol. The van der Waals surface area contributed by atoms with E-state index in [1.54, 1.807) is 6.20 Å². The van der Waals surface area contributed by atoms with Gasteiger partial charge in [0.1, 0.15) is 0 Å². The standard InChI is InChI=1S/C39H37N3/c1-3-38-27(2)34-14-6-7-17-39(34)42(38)33-22-20-30(21-23-33)37(41)26-32(25-31-19-18-28(31)11-8-9-24-40)36-16-10-13-29-12-4-5-15-35(29)36/h3-17,20-26,28,31H,1,18-19,40-41H2,2H3/b11-8-,24-9-,32-25+,37-26-. The van der Waals surface area contributed by atoms with E-state index in [2.05, 4.69) is 133 Å². The number of nitrogens with two attached hydrogens (primary N) is 2. The summed E-state index contributed by atoms with van der Waals surface area (Å²) in [5.41, 5.74) is 21.1. The van der Waals surface area contributed by atoms with Crippen molar-refractivity contribution in [3.8, 4) is 5.69 Å². The van der Waals surface area contributed by atoms with E-state index in [0.29, 0.717) is 11.8 Å². The predicted molar refractivity (Wildman–Crippen MR) is 181 cm³/mol. The Kier molecular flexibility index (Phi) is 7.66. The number of allylic oxidation sites excluding steroid dienone is 6. The predicted octanol–water partition coefficient (Wildman–Crippen LogP) is 9.17. The fraction of sp³-hybridized carbons (Fsp3) is 0.128. The van der Waals surface area contributed by atoms with Crippen LogP contribution >= 0.6 is 0 Å². The first-order valence-corrected chi connectivity index (χ1v) is 14.6. The zero-order chi connectivity index (χ0) is 29.1. The fourth-order valence-corrected chi connectivity index (χ4v) is 6.19. The molecular formula is C39H37N3. The molecule has 0 spiro atoms. The lowest BCUT2D eigenvalue weighted by Gasteiger charge is -2.33. The minimum atomic E-state index is 0.454. The van der Waals surface area contributed by atoms with E-state index in [1.807, 2.05) is 12.2 Å². The van der Waals surface area contributed by atoms with Crippen molar-refractivity contribution in [1.82, 2.24) is 4.57 Å². The lowest BCUT2D eigenvalue weighted by atomic mass is 9.72. The largest absolute Gasteiger partial charge is 0.405 e. The summed E-state index contributed by atoms with van der Waals surface area (Å²) in [6.07, 6.45) is 16.6. The highest BCUT2D eigenvalue weighted by molar-refractivity contribution is 5.98. The smallest absolute Gasteiger partial charge is 0.0537 e. The number of aromatic nitrogens is 1. The molecule has 0 amide bonds. The molecule has 1 fully saturated rings. The summed E-state index contributed by atoms with van der Waals surface area (Å²) < 4.78 is 2.27. The van der Waals surface area contributed by atoms with Gasteiger partial charge in [-0.05, 0) is 107 Å². The maximum atomic E-state index is 6.85. The van der Waals surface area contributed by atoms with E-state index in [1.165, 1.54) is 39.2 Å². The van der Waals surface area contributed by atoms with Gasteiger partial charge in [0.15, 0.2) is 0 Å². The molecule has 1 saturated carbocycles. The van der Waals surface area contributed by atoms with Crippen molar-refractivity contribution in [3.05, 3.63) is 157 Å². The minimum absolute atomic E-state index is 0.454. The van der Waals surface area contributed by atoms with Crippen molar-refractivity contribution in [1.29, 1.82) is 0 Å². The molecule has 5 aromatic rings. The molecule has 1 heterocycles. The first-order chi connectivity index (χ1) is 20.6. The van der Waals surface area contributed by atoms with Gasteiger partial charge in [0, 0.05) is 22.5 Å². The van der Waals surface area contributed by atoms with Crippen LogP contribution in [0.25, 0.3) is 44.7 Å². The van der Waals surface area contributed by atoms with Crippen molar-refractivity contribution in [3.63, 3.8) is 0 Å². The van der Waals surface area contributed by atoms with Gasteiger partial charge in [-0.3, -0.25) is 0 Å². The van der Waals surface area contributed by atoms with Gasteiger partial charge in [0.05, 0.1) is 5.52 Å². The number of aryl methyl sites for hydroxylation is 1. The van der Waals surface area contributed by atoms with Crippen molar-refractivity contribution in [2.75, 3.05) is 0 Å². The van der Waals surface area contributed by atoms with E-state index in [9.17, 15) is 0 Å². The SMILES string of the molecule is C=Cc1c(C)c2ccccc2n1-c1ccc(/C(N)=C/C(=C\C2CCC2/C=C\C=C/N)c2cccc3ccccc23)cc1. The highest BCUT2D eigenvalue weighted by Crippen LogP contribution is 2.40. The average molecular weight is 548 g/mol. The molecule has 1 aliphatic rings. The molecule has 1 aromatic heterocycles. The summed E-state index contributed by atoms with van der Waals surface area (Å²) in [5, 5.41) is 3.70. The maximum Gasteiger partial charge on any atom is 0.0537 e. The number of benzene rings is 4. The normalized spacial score (nSPS) is 17.8. The van der Waals surface area contributed by atoms with Gasteiger partial charge in [-0.2, -0.15) is 0 Å². The number of nitrogens with zero attached hydrogens (tertiary/aromatic N) is 1. The first-order valence-electron chi connectivity index (χ1n) is 14.6. The van der Waals surface area contributed by atoms with Gasteiger partial charge in [0.25, 0.3) is 0 Å². The molecule has 0 aliphatic heterocycles. The quantitative estimate of drug-likeness (QED) is 0.190. The minimum Gasteiger partial charge on any atom is -0.405 e. The summed E-state index contributed by atoms with van der Waals surface area (Å²) >= 11 is 0. The second-order valence-corrected chi connectivity index (χ2v) is 11.0. The molecule has 4 N–H and O–H groups in total. The van der Waals surface area contributed by atoms with Crippen molar-refractivity contribution >= 4 is 39.0 Å². The average Bonchev–Trinajstić information content (AvgIpc) is 3.31. The summed E-state index contributed by atoms with van der Waals surface area (Å²) in [5.74, 6) is 0.953. The van der Waals surface area contributed by atoms with Crippen LogP contribution < -0.4 is 11.5 Å². The summed E-state index contributed by atoms with van der Waals surface area (Å²) in [4.78, 5) is 0. The summed E-state index contributed by atoms with van der Waals surface area (Å²) in [7, 11) is 0. The molecule has 6 rings (SSSR count). The molecule has 1 aliphatic carbocycles. The zero-order valence-electron chi connectivity index (χ0n) is 24.1. The van der Waals surface area contributed by atoms with Crippen LogP contribution in [0.3, 0.4) is 0 Å². The van der Waals surface area contributed by atoms with Crippen LogP contribution in [0.1, 0.15) is 35.2 Å². The molecule has 3 nitrogen and oxygen atoms in total. The number of fused-ring (bicyclic) bond motifs is 2. The van der Waals surface area contributed by atoms with Crippen LogP contribution in [0.2, 0.25) is 0 Å². The number of para-hydroxylation sites is 1. The van der Waals surface area contributed by atoms with Crippen LogP contribution in [-0.2, 0) is 0 Å². The lowest BCUT2D eigenvalue weighted by molar-refractivity contribution is 0.287. The van der Waals surface area contributed by atoms with Gasteiger partial charge < -0.3 is 16.0 Å². The van der Waals surface area contributed by atoms with Crippen LogP contribution in [0.15, 0.2) is 134 Å². The molecule has 4 aromatic carbocycles. The van der Waals surface area contributed by atoms with E-state index >= 15 is 0 Å². The van der Waals surface area contributed by atoms with E-state index < -0.39 is 0 Å². The Morgan fingerprint density at radius 1 is 0.833 bits per heavy atom. The fourth-order valence-electron chi connectivity index (χ4n) is 6.19. The zero-order valence-corrected chi connectivity index (χ0v) is 24.1. The summed E-state index contributed by atoms with van der Waals surface area (Å²) in [6, 6.07) is 32.1. The third-order valence-corrected chi connectivity index (χ3v) is 8.60. The Hall–Kier alpha value is -5.02. The van der Waals surface area contributed by atoms with Crippen LogP contribution in [0.4, 0.5) is 0 Å². The van der Waals surface area contributed by atoms with Crippen LogP contribution in [0, 0.1) is 18.8 Å². The van der Waals surface area contributed by atoms with Crippen molar-refractivity contribution < 1.29 is 0 Å². The second kappa shape index (κ2) is 11.8. The van der Waals surface area contributed by atoms with Crippen LogP contribution in [0.5, 0.6) is 0 Å². The van der Waals surface area contributed by atoms with E-state index in [4.69, 9.17) is 11.5 Å². The third kappa shape index (κ3) is 5.10. The van der Waals surface area contributed by atoms with Crippen molar-refractivity contribution in [2.24, 2.45) is 23.3 Å². The Morgan fingerprint density at radius 3 is 2.29 bits per heavy atom. The Labute approximate surface area is 248 Å². The van der Waals surface area contributed by atoms with Gasteiger partial charge in [0.2, 0.25) is 0 Å². The Balaban J connectivity index is 1.39. The second-order valence-electron chi connectivity index (χ2n) is 11.0. The topological polar surface area (TPSA) is 57.0 Å². The number of hydrogen-bond donors (Lipinski definition) is 2. The molecular weight excluding hydrogens is 510 g/mol. The molecule has 3 heteroatoms. The van der Waals surface area contributed by atoms with Gasteiger partial charge in [-0.1, -0.05) is 97.6 Å². The maximum absolute atomic E-state index is 6.85. The summed E-state index contributed by atoms with van der Waals surface area (Å²) in [6.45, 7) is 6.25. The van der Waals surface area contributed by atoms with E-state index in [-0.39, 0.29) is 0 Å². The first kappa shape index (κ1) is 27.2. The molecule has 0 bridgehead atoms. The molecule has 208 valence electrons. The molecule has 2 unspecified atom stereocenters. The van der Waals surface area contributed by atoms with Gasteiger partial charge in [-0.15, -0.1) is 0 Å². The Morgan fingerprint density at radius 2 is 1.55 bits per heavy atom. The van der Waals surface area contributed by atoms with Crippen molar-refractivity contribution in [2.45, 2.75) is 19.8 Å². The third-order valence-electron chi connectivity index (χ3n) is 8.60. The molecule has 2 atom stereocenters.